The van der Waals surface area contributed by atoms with Gasteiger partial charge in [-0.2, -0.15) is 0 Å². The number of benzene rings is 5. The van der Waals surface area contributed by atoms with E-state index >= 15 is 0 Å². The number of ether oxygens (including phenoxy) is 10. The molecule has 0 aliphatic carbocycles. The van der Waals surface area contributed by atoms with E-state index in [4.69, 9.17) is 47.4 Å². The smallest absolute Gasteiger partial charge is 0.338 e. The molecule has 352 valence electrons. The second-order valence-electron chi connectivity index (χ2n) is 15.9. The van der Waals surface area contributed by atoms with Crippen molar-refractivity contribution < 1.29 is 66.5 Å². The van der Waals surface area contributed by atoms with E-state index in [1.807, 2.05) is 121 Å². The first-order valence-corrected chi connectivity index (χ1v) is 22.0. The summed E-state index contributed by atoms with van der Waals surface area (Å²) in [4.78, 5) is 54.1. The van der Waals surface area contributed by atoms with Crippen molar-refractivity contribution in [3.05, 3.63) is 179 Å². The van der Waals surface area contributed by atoms with Crippen molar-refractivity contribution in [2.45, 2.75) is 102 Å². The molecule has 2 aliphatic rings. The maximum absolute atomic E-state index is 14.0. The molecule has 2 fully saturated rings. The average Bonchev–Trinajstić information content (AvgIpc) is 3.35. The van der Waals surface area contributed by atoms with Gasteiger partial charge in [-0.3, -0.25) is 9.59 Å². The van der Waals surface area contributed by atoms with Crippen LogP contribution < -0.4 is 5.32 Å². The monoisotopic (exact) mass is 917 g/mol. The maximum Gasteiger partial charge on any atom is 0.338 e. The van der Waals surface area contributed by atoms with Crippen LogP contribution in [0.25, 0.3) is 0 Å². The lowest BCUT2D eigenvalue weighted by Gasteiger charge is -2.49. The van der Waals surface area contributed by atoms with Crippen LogP contribution in [0, 0.1) is 0 Å². The topological polar surface area (TPSA) is 173 Å². The van der Waals surface area contributed by atoms with Gasteiger partial charge in [0.1, 0.15) is 30.5 Å². The van der Waals surface area contributed by atoms with Gasteiger partial charge >= 0.3 is 17.9 Å². The van der Waals surface area contributed by atoms with Gasteiger partial charge in [-0.25, -0.2) is 9.59 Å². The molecule has 0 bridgehead atoms. The van der Waals surface area contributed by atoms with E-state index in [0.717, 1.165) is 22.3 Å². The van der Waals surface area contributed by atoms with Gasteiger partial charge in [0.05, 0.1) is 45.7 Å². The molecule has 1 N–H and O–H groups in total. The van der Waals surface area contributed by atoms with Gasteiger partial charge in [-0.15, -0.1) is 0 Å². The minimum absolute atomic E-state index is 0.00527. The first kappa shape index (κ1) is 48.6. The van der Waals surface area contributed by atoms with Crippen molar-refractivity contribution in [3.63, 3.8) is 0 Å². The van der Waals surface area contributed by atoms with Crippen LogP contribution in [0.3, 0.4) is 0 Å². The van der Waals surface area contributed by atoms with Gasteiger partial charge in [0.2, 0.25) is 5.91 Å². The van der Waals surface area contributed by atoms with Crippen molar-refractivity contribution in [1.82, 2.24) is 5.32 Å². The highest BCUT2D eigenvalue weighted by atomic mass is 16.8. The summed E-state index contributed by atoms with van der Waals surface area (Å²) in [5, 5.41) is 2.90. The quantitative estimate of drug-likeness (QED) is 0.0685. The molecule has 5 aromatic carbocycles. The third-order valence-corrected chi connectivity index (χ3v) is 11.0. The SMILES string of the molecule is COC(=O)[C@@H]1O[C@@H](OCc2ccccc2)[C@H](OC(=O)c2ccccc2)[C@@H](OCc2ccccc2)[C@@H]1O[C@@H]1O[C@H](COCc2ccccc2)[C@H](OC(C)=O)[C@H](OCc2ccccc2)[C@H]1NC(C)=O. The zero-order chi connectivity index (χ0) is 47.0. The molecule has 2 heterocycles. The van der Waals surface area contributed by atoms with Crippen LogP contribution in [-0.4, -0.2) is 98.9 Å². The van der Waals surface area contributed by atoms with Gasteiger partial charge in [0.15, 0.2) is 30.9 Å². The fraction of sp³-hybridized carbons (Fsp3) is 0.346. The van der Waals surface area contributed by atoms with Crippen LogP contribution in [0.4, 0.5) is 0 Å². The van der Waals surface area contributed by atoms with E-state index in [2.05, 4.69) is 5.32 Å². The third-order valence-electron chi connectivity index (χ3n) is 11.0. The molecule has 15 heteroatoms. The number of rotatable bonds is 20. The molecule has 10 atom stereocenters. The van der Waals surface area contributed by atoms with E-state index in [0.29, 0.717) is 0 Å². The molecule has 0 radical (unpaired) electrons. The molecular weight excluding hydrogens is 863 g/mol. The van der Waals surface area contributed by atoms with Crippen LogP contribution in [0.2, 0.25) is 0 Å². The van der Waals surface area contributed by atoms with Crippen LogP contribution >= 0.6 is 0 Å². The number of amides is 1. The lowest BCUT2D eigenvalue weighted by atomic mass is 9.94. The summed E-state index contributed by atoms with van der Waals surface area (Å²) < 4.78 is 63.5. The van der Waals surface area contributed by atoms with E-state index in [1.54, 1.807) is 30.3 Å². The number of carbonyl (C=O) groups is 4. The zero-order valence-electron chi connectivity index (χ0n) is 37.5. The van der Waals surface area contributed by atoms with Crippen LogP contribution in [0.1, 0.15) is 46.5 Å². The number of carbonyl (C=O) groups excluding carboxylic acids is 4. The van der Waals surface area contributed by atoms with Gasteiger partial charge < -0.3 is 52.7 Å². The van der Waals surface area contributed by atoms with E-state index in [1.165, 1.54) is 21.0 Å². The molecule has 67 heavy (non-hydrogen) atoms. The maximum atomic E-state index is 14.0. The normalized spacial score (nSPS) is 24.8. The highest BCUT2D eigenvalue weighted by Gasteiger charge is 2.57. The first-order valence-electron chi connectivity index (χ1n) is 22.0. The summed E-state index contributed by atoms with van der Waals surface area (Å²) >= 11 is 0. The predicted octanol–water partition coefficient (Wildman–Crippen LogP) is 6.26. The van der Waals surface area contributed by atoms with Crippen LogP contribution in [0.15, 0.2) is 152 Å². The minimum atomic E-state index is -1.59. The summed E-state index contributed by atoms with van der Waals surface area (Å²) in [5.74, 6) is -2.74. The Balaban J connectivity index is 1.30. The largest absolute Gasteiger partial charge is 0.467 e. The van der Waals surface area contributed by atoms with E-state index in [9.17, 15) is 19.2 Å². The number of nitrogens with one attached hydrogen (secondary N) is 1. The number of methoxy groups -OCH3 is 1. The Morgan fingerprint density at radius 3 is 1.52 bits per heavy atom. The average molecular weight is 918 g/mol. The Hall–Kier alpha value is -6.30. The molecule has 0 aromatic heterocycles. The van der Waals surface area contributed by atoms with Gasteiger partial charge in [0, 0.05) is 13.8 Å². The number of hydrogen-bond donors (Lipinski definition) is 1. The summed E-state index contributed by atoms with van der Waals surface area (Å²) in [5.41, 5.74) is 3.41. The van der Waals surface area contributed by atoms with Crippen molar-refractivity contribution in [2.75, 3.05) is 13.7 Å². The first-order chi connectivity index (χ1) is 32.7. The molecule has 7 rings (SSSR count). The zero-order valence-corrected chi connectivity index (χ0v) is 37.5. The molecule has 2 saturated heterocycles. The van der Waals surface area contributed by atoms with E-state index < -0.39 is 85.2 Å². The summed E-state index contributed by atoms with van der Waals surface area (Å²) in [6, 6.07) is 44.4. The van der Waals surface area contributed by atoms with Gasteiger partial charge in [-0.05, 0) is 34.4 Å². The lowest BCUT2D eigenvalue weighted by Crippen LogP contribution is -2.69. The van der Waals surface area contributed by atoms with Crippen LogP contribution in [0.5, 0.6) is 0 Å². The molecular formula is C52H55NO14. The second-order valence-corrected chi connectivity index (χ2v) is 15.9. The third kappa shape index (κ3) is 13.6. The predicted molar refractivity (Wildman–Crippen MR) is 240 cm³/mol. The Labute approximate surface area is 389 Å². The second kappa shape index (κ2) is 24.5. The Morgan fingerprint density at radius 2 is 1.01 bits per heavy atom. The minimum Gasteiger partial charge on any atom is -0.467 e. The highest BCUT2D eigenvalue weighted by molar-refractivity contribution is 5.89. The van der Waals surface area contributed by atoms with Crippen molar-refractivity contribution in [2.24, 2.45) is 0 Å². The highest BCUT2D eigenvalue weighted by Crippen LogP contribution is 2.36. The van der Waals surface area contributed by atoms with Crippen molar-refractivity contribution in [1.29, 1.82) is 0 Å². The Bertz CT molecular complexity index is 2310. The fourth-order valence-electron chi connectivity index (χ4n) is 7.86. The Morgan fingerprint density at radius 1 is 0.522 bits per heavy atom. The fourth-order valence-corrected chi connectivity index (χ4v) is 7.86. The standard InChI is InChI=1S/C52H55NO14/c1-34(54)53-42-44(60-30-37-21-11-5-12-22-37)43(63-35(2)55)41(33-59-29-36-19-9-4-10-20-36)64-51(42)66-46-45(61-31-38-23-13-6-14-24-38)48(65-49(56)40-27-17-8-18-28-40)52(67-47(46)50(57)58-3)62-32-39-25-15-7-16-26-39/h4-28,41-48,51-52H,29-33H2,1-3H3,(H,53,54)/t41-,42-,43+,44-,45+,46+,47-,48-,51+,52-/m1/s1. The molecule has 0 saturated carbocycles. The molecule has 5 aromatic rings. The molecule has 0 unspecified atom stereocenters. The number of hydrogen-bond acceptors (Lipinski definition) is 14. The summed E-state index contributed by atoms with van der Waals surface area (Å²) in [6.07, 6.45) is -12.1. The van der Waals surface area contributed by atoms with Gasteiger partial charge in [0.25, 0.3) is 0 Å². The van der Waals surface area contributed by atoms with E-state index in [-0.39, 0.29) is 38.6 Å². The van der Waals surface area contributed by atoms with Crippen LogP contribution in [-0.2, 0) is 88.2 Å². The van der Waals surface area contributed by atoms with Gasteiger partial charge in [-0.1, -0.05) is 140 Å². The summed E-state index contributed by atoms with van der Waals surface area (Å²) in [7, 11) is 1.19. The Kier molecular flexibility index (Phi) is 17.8. The molecule has 2 aliphatic heterocycles. The number of esters is 3. The van der Waals surface area contributed by atoms with Crippen molar-refractivity contribution >= 4 is 23.8 Å². The summed E-state index contributed by atoms with van der Waals surface area (Å²) in [6.45, 7) is 2.59. The molecule has 0 spiro atoms. The molecule has 1 amide bonds. The lowest BCUT2D eigenvalue weighted by molar-refractivity contribution is -0.349. The molecule has 15 nitrogen and oxygen atoms in total. The van der Waals surface area contributed by atoms with Crippen molar-refractivity contribution in [3.8, 4) is 0 Å².